The maximum absolute atomic E-state index is 3.66. The Hall–Kier alpha value is -0.780. The fourth-order valence-corrected chi connectivity index (χ4v) is 0.232. The van der Waals surface area contributed by atoms with Crippen molar-refractivity contribution in [2.45, 2.75) is 20.8 Å². The summed E-state index contributed by atoms with van der Waals surface area (Å²) in [5, 5.41) is 0. The molecule has 0 bridgehead atoms. The van der Waals surface area contributed by atoms with Crippen LogP contribution in [0.2, 0.25) is 0 Å². The molecular weight excluding hydrogens is 108 g/mol. The summed E-state index contributed by atoms with van der Waals surface area (Å²) in [5.74, 6) is 0. The second-order valence-corrected chi connectivity index (χ2v) is 1.44. The van der Waals surface area contributed by atoms with Crippen molar-refractivity contribution >= 4 is 0 Å². The average Bonchev–Trinajstić information content (AvgIpc) is 1.88. The van der Waals surface area contributed by atoms with Crippen molar-refractivity contribution in [3.63, 3.8) is 0 Å². The smallest absolute Gasteiger partial charge is 0.0404 e. The molecule has 0 atom stereocenters. The minimum atomic E-state index is 1.06. The van der Waals surface area contributed by atoms with Gasteiger partial charge < -0.3 is 0 Å². The van der Waals surface area contributed by atoms with Crippen LogP contribution in [0.15, 0.2) is 37.0 Å². The molecule has 52 valence electrons. The largest absolute Gasteiger partial charge is 0.0991 e. The first-order valence-electron chi connectivity index (χ1n) is 3.22. The minimum absolute atomic E-state index is 1.06. The van der Waals surface area contributed by atoms with E-state index >= 15 is 0 Å². The lowest BCUT2D eigenvalue weighted by molar-refractivity contribution is 1.50. The lowest BCUT2D eigenvalue weighted by Crippen LogP contribution is -1.55. The highest BCUT2D eigenvalue weighted by Crippen LogP contribution is 1.86. The standard InChI is InChI=1S/C7H10.C2H6/c1-4-5-6-7(2)3;1-2/h4-6H,1-2H2,3H3;1-2H3. The van der Waals surface area contributed by atoms with Gasteiger partial charge in [-0.3, -0.25) is 0 Å². The summed E-state index contributed by atoms with van der Waals surface area (Å²) in [6.07, 6.45) is 5.50. The van der Waals surface area contributed by atoms with Gasteiger partial charge in [-0.1, -0.05) is 50.8 Å². The Balaban J connectivity index is 0. The number of rotatable bonds is 2. The third-order valence-electron chi connectivity index (χ3n) is 0.517. The van der Waals surface area contributed by atoms with Crippen LogP contribution in [-0.4, -0.2) is 0 Å². The molecule has 0 aromatic carbocycles. The molecule has 0 saturated heterocycles. The molecule has 0 fully saturated rings. The van der Waals surface area contributed by atoms with Gasteiger partial charge in [-0.2, -0.15) is 0 Å². The van der Waals surface area contributed by atoms with Gasteiger partial charge in [-0.05, 0) is 6.92 Å². The van der Waals surface area contributed by atoms with E-state index in [1.807, 2.05) is 32.9 Å². The topological polar surface area (TPSA) is 0 Å². The van der Waals surface area contributed by atoms with Crippen LogP contribution in [0.5, 0.6) is 0 Å². The summed E-state index contributed by atoms with van der Waals surface area (Å²) in [5.41, 5.74) is 1.06. The number of hydrogen-bond donors (Lipinski definition) is 0. The molecule has 0 aromatic rings. The fraction of sp³-hybridized carbons (Fsp3) is 0.333. The molecule has 0 saturated carbocycles. The first-order valence-corrected chi connectivity index (χ1v) is 3.22. The van der Waals surface area contributed by atoms with Crippen molar-refractivity contribution in [3.05, 3.63) is 37.0 Å². The molecule has 0 heterocycles. The molecule has 0 amide bonds. The zero-order chi connectivity index (χ0) is 7.70. The zero-order valence-electron chi connectivity index (χ0n) is 6.65. The molecule has 0 aliphatic heterocycles. The van der Waals surface area contributed by atoms with E-state index in [1.165, 1.54) is 0 Å². The first-order chi connectivity index (χ1) is 4.27. The molecule has 0 N–H and O–H groups in total. The van der Waals surface area contributed by atoms with E-state index in [0.717, 1.165) is 5.57 Å². The Labute approximate surface area is 58.6 Å². The number of allylic oxidation sites excluding steroid dienone is 4. The molecule has 0 aromatic heterocycles. The molecule has 0 nitrogen and oxygen atoms in total. The quantitative estimate of drug-likeness (QED) is 0.495. The Bertz CT molecular complexity index is 96.6. The van der Waals surface area contributed by atoms with Gasteiger partial charge in [0.05, 0.1) is 0 Å². The lowest BCUT2D eigenvalue weighted by atomic mass is 10.3. The van der Waals surface area contributed by atoms with Crippen LogP contribution in [0.1, 0.15) is 20.8 Å². The molecule has 0 aliphatic rings. The van der Waals surface area contributed by atoms with E-state index in [2.05, 4.69) is 13.2 Å². The molecular formula is C9H16. The van der Waals surface area contributed by atoms with Gasteiger partial charge in [0.25, 0.3) is 0 Å². The van der Waals surface area contributed by atoms with E-state index in [1.54, 1.807) is 6.08 Å². The van der Waals surface area contributed by atoms with Crippen molar-refractivity contribution in [1.29, 1.82) is 0 Å². The Morgan fingerprint density at radius 3 is 1.89 bits per heavy atom. The van der Waals surface area contributed by atoms with Gasteiger partial charge >= 0.3 is 0 Å². The van der Waals surface area contributed by atoms with Crippen LogP contribution in [0.3, 0.4) is 0 Å². The van der Waals surface area contributed by atoms with Crippen molar-refractivity contribution < 1.29 is 0 Å². The van der Waals surface area contributed by atoms with Gasteiger partial charge in [0.15, 0.2) is 0 Å². The maximum atomic E-state index is 3.66. The third kappa shape index (κ3) is 19.0. The van der Waals surface area contributed by atoms with E-state index < -0.39 is 0 Å². The highest BCUT2D eigenvalue weighted by Gasteiger charge is 1.65. The Morgan fingerprint density at radius 2 is 1.78 bits per heavy atom. The van der Waals surface area contributed by atoms with E-state index in [0.29, 0.717) is 0 Å². The maximum Gasteiger partial charge on any atom is -0.0404 e. The summed E-state index contributed by atoms with van der Waals surface area (Å²) >= 11 is 0. The van der Waals surface area contributed by atoms with Crippen molar-refractivity contribution in [1.82, 2.24) is 0 Å². The molecule has 0 unspecified atom stereocenters. The highest BCUT2D eigenvalue weighted by molar-refractivity contribution is 5.15. The molecule has 0 spiro atoms. The molecule has 9 heavy (non-hydrogen) atoms. The Kier molecular flexibility index (Phi) is 12.6. The summed E-state index contributed by atoms with van der Waals surface area (Å²) in [7, 11) is 0. The van der Waals surface area contributed by atoms with Crippen LogP contribution in [0.4, 0.5) is 0 Å². The SMILES string of the molecule is C=CC=CC(=C)C.CC. The first kappa shape index (κ1) is 11.1. The average molecular weight is 124 g/mol. The summed E-state index contributed by atoms with van der Waals surface area (Å²) in [6, 6.07) is 0. The van der Waals surface area contributed by atoms with E-state index in [4.69, 9.17) is 0 Å². The van der Waals surface area contributed by atoms with E-state index in [-0.39, 0.29) is 0 Å². The summed E-state index contributed by atoms with van der Waals surface area (Å²) in [6.45, 7) is 13.1. The van der Waals surface area contributed by atoms with Gasteiger partial charge in [0.1, 0.15) is 0 Å². The molecule has 0 aliphatic carbocycles. The van der Waals surface area contributed by atoms with Gasteiger partial charge in [0, 0.05) is 0 Å². The molecule has 0 radical (unpaired) electrons. The summed E-state index contributed by atoms with van der Waals surface area (Å²) in [4.78, 5) is 0. The van der Waals surface area contributed by atoms with Crippen molar-refractivity contribution in [2.24, 2.45) is 0 Å². The van der Waals surface area contributed by atoms with Crippen LogP contribution in [-0.2, 0) is 0 Å². The normalized spacial score (nSPS) is 7.89. The fourth-order valence-electron chi connectivity index (χ4n) is 0.232. The lowest BCUT2D eigenvalue weighted by Gasteiger charge is -1.77. The van der Waals surface area contributed by atoms with E-state index in [9.17, 15) is 0 Å². The summed E-state index contributed by atoms with van der Waals surface area (Å²) < 4.78 is 0. The molecule has 0 rings (SSSR count). The van der Waals surface area contributed by atoms with Crippen molar-refractivity contribution in [2.75, 3.05) is 0 Å². The third-order valence-corrected chi connectivity index (χ3v) is 0.517. The monoisotopic (exact) mass is 124 g/mol. The van der Waals surface area contributed by atoms with Gasteiger partial charge in [-0.25, -0.2) is 0 Å². The minimum Gasteiger partial charge on any atom is -0.0991 e. The molecule has 0 heteroatoms. The number of hydrogen-bond acceptors (Lipinski definition) is 0. The van der Waals surface area contributed by atoms with Gasteiger partial charge in [-0.15, -0.1) is 0 Å². The zero-order valence-corrected chi connectivity index (χ0v) is 6.65. The predicted octanol–water partition coefficient (Wildman–Crippen LogP) is 3.33. The van der Waals surface area contributed by atoms with Gasteiger partial charge in [0.2, 0.25) is 0 Å². The van der Waals surface area contributed by atoms with Crippen LogP contribution in [0.25, 0.3) is 0 Å². The second kappa shape index (κ2) is 10.3. The van der Waals surface area contributed by atoms with Crippen LogP contribution >= 0.6 is 0 Å². The highest BCUT2D eigenvalue weighted by atomic mass is 13.7. The second-order valence-electron chi connectivity index (χ2n) is 1.44. The van der Waals surface area contributed by atoms with Crippen LogP contribution < -0.4 is 0 Å². The predicted molar refractivity (Wildman–Crippen MR) is 45.5 cm³/mol. The Morgan fingerprint density at radius 1 is 1.33 bits per heavy atom. The van der Waals surface area contributed by atoms with Crippen molar-refractivity contribution in [3.8, 4) is 0 Å². The van der Waals surface area contributed by atoms with Crippen LogP contribution in [0, 0.1) is 0 Å².